The summed E-state index contributed by atoms with van der Waals surface area (Å²) < 4.78 is 5.35. The van der Waals surface area contributed by atoms with E-state index in [0.29, 0.717) is 13.0 Å². The first kappa shape index (κ1) is 19.7. The molecule has 2 N–H and O–H groups in total. The van der Waals surface area contributed by atoms with Gasteiger partial charge in [-0.25, -0.2) is 9.59 Å². The number of carboxylic acid groups (broad SMARTS) is 1. The SMILES string of the molecule is O=C(NC1CCCCN(C(=O)O)C1Cc1ccccc1)OCc1ccccc1. The number of hydrogen-bond acceptors (Lipinski definition) is 3. The normalized spacial score (nSPS) is 19.5. The van der Waals surface area contributed by atoms with Crippen molar-refractivity contribution in [1.82, 2.24) is 10.2 Å². The monoisotopic (exact) mass is 382 g/mol. The van der Waals surface area contributed by atoms with E-state index < -0.39 is 12.2 Å². The second kappa shape index (κ2) is 9.78. The number of nitrogens with one attached hydrogen (secondary N) is 1. The van der Waals surface area contributed by atoms with Crippen molar-refractivity contribution in [2.24, 2.45) is 0 Å². The van der Waals surface area contributed by atoms with Crippen molar-refractivity contribution in [1.29, 1.82) is 0 Å². The van der Waals surface area contributed by atoms with Crippen molar-refractivity contribution >= 4 is 12.2 Å². The Morgan fingerprint density at radius 3 is 2.29 bits per heavy atom. The second-order valence-electron chi connectivity index (χ2n) is 7.04. The van der Waals surface area contributed by atoms with E-state index in [-0.39, 0.29) is 18.7 Å². The third-order valence-electron chi connectivity index (χ3n) is 5.08. The fourth-order valence-electron chi connectivity index (χ4n) is 3.65. The number of carbonyl (C=O) groups is 2. The molecule has 3 rings (SSSR count). The highest BCUT2D eigenvalue weighted by molar-refractivity contribution is 5.69. The molecule has 0 bridgehead atoms. The Kier molecular flexibility index (Phi) is 6.89. The zero-order valence-corrected chi connectivity index (χ0v) is 15.8. The number of rotatable bonds is 5. The molecular formula is C22H26N2O4. The predicted octanol–water partition coefficient (Wildman–Crippen LogP) is 4.06. The highest BCUT2D eigenvalue weighted by Gasteiger charge is 2.34. The van der Waals surface area contributed by atoms with Crippen LogP contribution in [0.4, 0.5) is 9.59 Å². The minimum Gasteiger partial charge on any atom is -0.465 e. The molecular weight excluding hydrogens is 356 g/mol. The molecule has 1 fully saturated rings. The summed E-state index contributed by atoms with van der Waals surface area (Å²) in [6, 6.07) is 18.6. The smallest absolute Gasteiger partial charge is 0.407 e. The van der Waals surface area contributed by atoms with Gasteiger partial charge in [-0.15, -0.1) is 0 Å². The zero-order chi connectivity index (χ0) is 19.8. The molecule has 0 saturated carbocycles. The van der Waals surface area contributed by atoms with Gasteiger partial charge in [0.1, 0.15) is 6.61 Å². The molecule has 6 heteroatoms. The molecule has 2 atom stereocenters. The molecule has 2 unspecified atom stereocenters. The van der Waals surface area contributed by atoms with Crippen molar-refractivity contribution in [3.05, 3.63) is 71.8 Å². The summed E-state index contributed by atoms with van der Waals surface area (Å²) >= 11 is 0. The molecule has 0 aromatic heterocycles. The Morgan fingerprint density at radius 1 is 1.00 bits per heavy atom. The van der Waals surface area contributed by atoms with Crippen molar-refractivity contribution in [2.45, 2.75) is 44.4 Å². The molecule has 6 nitrogen and oxygen atoms in total. The third-order valence-corrected chi connectivity index (χ3v) is 5.08. The lowest BCUT2D eigenvalue weighted by molar-refractivity contribution is 0.105. The molecule has 28 heavy (non-hydrogen) atoms. The minimum absolute atomic E-state index is 0.186. The van der Waals surface area contributed by atoms with Gasteiger partial charge in [-0.2, -0.15) is 0 Å². The third kappa shape index (κ3) is 5.49. The Balaban J connectivity index is 1.69. The van der Waals surface area contributed by atoms with Crippen molar-refractivity contribution in [3.63, 3.8) is 0 Å². The van der Waals surface area contributed by atoms with E-state index in [0.717, 1.165) is 30.4 Å². The van der Waals surface area contributed by atoms with Crippen LogP contribution in [-0.4, -0.2) is 40.8 Å². The van der Waals surface area contributed by atoms with E-state index in [2.05, 4.69) is 5.32 Å². The van der Waals surface area contributed by atoms with E-state index in [9.17, 15) is 14.7 Å². The molecule has 148 valence electrons. The fraction of sp³-hybridized carbons (Fsp3) is 0.364. The van der Waals surface area contributed by atoms with Gasteiger partial charge >= 0.3 is 12.2 Å². The van der Waals surface area contributed by atoms with Crippen LogP contribution >= 0.6 is 0 Å². The molecule has 2 aromatic rings. The van der Waals surface area contributed by atoms with Gasteiger partial charge in [0.2, 0.25) is 0 Å². The average Bonchev–Trinajstić information content (AvgIpc) is 2.90. The number of hydrogen-bond donors (Lipinski definition) is 2. The predicted molar refractivity (Wildman–Crippen MR) is 106 cm³/mol. The maximum Gasteiger partial charge on any atom is 0.407 e. The first-order valence-electron chi connectivity index (χ1n) is 9.64. The van der Waals surface area contributed by atoms with Gasteiger partial charge < -0.3 is 20.1 Å². The summed E-state index contributed by atoms with van der Waals surface area (Å²) in [5.74, 6) is 0. The lowest BCUT2D eigenvalue weighted by Crippen LogP contribution is -2.53. The van der Waals surface area contributed by atoms with Crippen molar-refractivity contribution < 1.29 is 19.4 Å². The quantitative estimate of drug-likeness (QED) is 0.817. The Labute approximate surface area is 165 Å². The number of benzene rings is 2. The Hall–Kier alpha value is -3.02. The van der Waals surface area contributed by atoms with E-state index in [4.69, 9.17) is 4.74 Å². The van der Waals surface area contributed by atoms with Gasteiger partial charge in [0.05, 0.1) is 12.1 Å². The van der Waals surface area contributed by atoms with Crippen LogP contribution in [0.3, 0.4) is 0 Å². The molecule has 2 aromatic carbocycles. The van der Waals surface area contributed by atoms with Crippen LogP contribution < -0.4 is 5.32 Å². The van der Waals surface area contributed by atoms with Crippen LogP contribution in [0.1, 0.15) is 30.4 Å². The first-order chi connectivity index (χ1) is 13.6. The maximum atomic E-state index is 12.4. The molecule has 1 saturated heterocycles. The number of nitrogens with zero attached hydrogens (tertiary/aromatic N) is 1. The topological polar surface area (TPSA) is 78.9 Å². The van der Waals surface area contributed by atoms with E-state index in [1.54, 1.807) is 0 Å². The van der Waals surface area contributed by atoms with Crippen LogP contribution in [0.2, 0.25) is 0 Å². The zero-order valence-electron chi connectivity index (χ0n) is 15.8. The van der Waals surface area contributed by atoms with Gasteiger partial charge in [-0.1, -0.05) is 60.7 Å². The Morgan fingerprint density at radius 2 is 1.64 bits per heavy atom. The number of alkyl carbamates (subject to hydrolysis) is 1. The first-order valence-corrected chi connectivity index (χ1v) is 9.64. The molecule has 1 heterocycles. The molecule has 2 amide bonds. The maximum absolute atomic E-state index is 12.4. The standard InChI is InChI=1S/C22H26N2O4/c25-21(28-16-18-11-5-2-6-12-18)23-19-13-7-8-14-24(22(26)27)20(19)15-17-9-3-1-4-10-17/h1-6,9-12,19-20H,7-8,13-16H2,(H,23,25)(H,26,27). The average molecular weight is 382 g/mol. The summed E-state index contributed by atoms with van der Waals surface area (Å²) in [6.45, 7) is 0.662. The van der Waals surface area contributed by atoms with Gasteiger partial charge in [0.15, 0.2) is 0 Å². The van der Waals surface area contributed by atoms with Gasteiger partial charge in [-0.3, -0.25) is 0 Å². The van der Waals surface area contributed by atoms with E-state index in [1.807, 2.05) is 60.7 Å². The lowest BCUT2D eigenvalue weighted by Gasteiger charge is -2.33. The number of carbonyl (C=O) groups excluding carboxylic acids is 1. The van der Waals surface area contributed by atoms with Crippen LogP contribution in [0, 0.1) is 0 Å². The number of amides is 2. The minimum atomic E-state index is -0.952. The molecule has 1 aliphatic rings. The van der Waals surface area contributed by atoms with Gasteiger partial charge in [0.25, 0.3) is 0 Å². The van der Waals surface area contributed by atoms with Crippen molar-refractivity contribution in [3.8, 4) is 0 Å². The van der Waals surface area contributed by atoms with Crippen LogP contribution in [0.15, 0.2) is 60.7 Å². The highest BCUT2D eigenvalue weighted by Crippen LogP contribution is 2.22. The molecule has 0 spiro atoms. The van der Waals surface area contributed by atoms with Crippen molar-refractivity contribution in [2.75, 3.05) is 6.54 Å². The summed E-state index contributed by atoms with van der Waals surface area (Å²) in [4.78, 5) is 25.7. The number of ether oxygens (including phenoxy) is 1. The largest absolute Gasteiger partial charge is 0.465 e. The van der Waals surface area contributed by atoms with Crippen LogP contribution in [0.5, 0.6) is 0 Å². The van der Waals surface area contributed by atoms with Crippen LogP contribution in [-0.2, 0) is 17.8 Å². The van der Waals surface area contributed by atoms with Gasteiger partial charge in [0, 0.05) is 6.54 Å². The lowest BCUT2D eigenvalue weighted by atomic mass is 9.96. The van der Waals surface area contributed by atoms with Crippen LogP contribution in [0.25, 0.3) is 0 Å². The number of likely N-dealkylation sites (tertiary alicyclic amines) is 1. The summed E-state index contributed by atoms with van der Waals surface area (Å²) in [5.41, 5.74) is 1.96. The fourth-order valence-corrected chi connectivity index (χ4v) is 3.65. The molecule has 0 aliphatic carbocycles. The summed E-state index contributed by atoms with van der Waals surface area (Å²) in [7, 11) is 0. The van der Waals surface area contributed by atoms with Gasteiger partial charge in [-0.05, 0) is 36.8 Å². The highest BCUT2D eigenvalue weighted by atomic mass is 16.5. The molecule has 1 aliphatic heterocycles. The summed E-state index contributed by atoms with van der Waals surface area (Å²) in [6.07, 6.45) is 1.46. The summed E-state index contributed by atoms with van der Waals surface area (Å²) in [5, 5.41) is 12.6. The van der Waals surface area contributed by atoms with E-state index >= 15 is 0 Å². The second-order valence-corrected chi connectivity index (χ2v) is 7.04. The molecule has 0 radical (unpaired) electrons. The Bertz CT molecular complexity index is 767. The van der Waals surface area contributed by atoms with E-state index in [1.165, 1.54) is 4.90 Å².